The lowest BCUT2D eigenvalue weighted by molar-refractivity contribution is -0.122. The zero-order valence-electron chi connectivity index (χ0n) is 10.6. The van der Waals surface area contributed by atoms with Gasteiger partial charge in [0.2, 0.25) is 5.91 Å². The third kappa shape index (κ3) is 2.53. The van der Waals surface area contributed by atoms with Gasteiger partial charge in [-0.2, -0.15) is 0 Å². The SMILES string of the molecule is C[C@@H](NC(=O)Cn1cnc2sccc2c1=O)C1CC1. The number of carbonyl (C=O) groups is 1. The van der Waals surface area contributed by atoms with E-state index in [1.807, 2.05) is 12.3 Å². The number of hydrogen-bond donors (Lipinski definition) is 1. The summed E-state index contributed by atoms with van der Waals surface area (Å²) < 4.78 is 1.37. The molecule has 1 aliphatic carbocycles. The average Bonchev–Trinajstić information content (AvgIpc) is 3.11. The molecule has 2 aromatic rings. The second kappa shape index (κ2) is 4.77. The molecule has 0 unspecified atom stereocenters. The molecule has 1 amide bonds. The molecule has 19 heavy (non-hydrogen) atoms. The predicted molar refractivity (Wildman–Crippen MR) is 74.2 cm³/mol. The predicted octanol–water partition coefficient (Wildman–Crippen LogP) is 1.37. The molecule has 2 aromatic heterocycles. The fraction of sp³-hybridized carbons (Fsp3) is 0.462. The number of thiophene rings is 1. The van der Waals surface area contributed by atoms with Crippen LogP contribution in [0.3, 0.4) is 0 Å². The maximum atomic E-state index is 12.1. The Bertz CT molecular complexity index is 672. The monoisotopic (exact) mass is 277 g/mol. The highest BCUT2D eigenvalue weighted by atomic mass is 32.1. The standard InChI is InChI=1S/C13H15N3O2S/c1-8(9-2-3-9)15-11(17)6-16-7-14-12-10(13(16)18)4-5-19-12/h4-5,7-9H,2-3,6H2,1H3,(H,15,17)/t8-/m1/s1. The molecule has 1 fully saturated rings. The Balaban J connectivity index is 1.75. The fourth-order valence-corrected chi connectivity index (χ4v) is 2.90. The summed E-state index contributed by atoms with van der Waals surface area (Å²) in [6.45, 7) is 2.05. The van der Waals surface area contributed by atoms with E-state index in [4.69, 9.17) is 0 Å². The lowest BCUT2D eigenvalue weighted by Gasteiger charge is -2.13. The van der Waals surface area contributed by atoms with Gasteiger partial charge in [0.1, 0.15) is 11.4 Å². The van der Waals surface area contributed by atoms with Gasteiger partial charge in [0.15, 0.2) is 0 Å². The van der Waals surface area contributed by atoms with E-state index in [0.717, 1.165) is 0 Å². The van der Waals surface area contributed by atoms with Crippen molar-refractivity contribution in [2.24, 2.45) is 5.92 Å². The van der Waals surface area contributed by atoms with Gasteiger partial charge >= 0.3 is 0 Å². The zero-order valence-corrected chi connectivity index (χ0v) is 11.4. The Hall–Kier alpha value is -1.69. The lowest BCUT2D eigenvalue weighted by Crippen LogP contribution is -2.38. The largest absolute Gasteiger partial charge is 0.352 e. The van der Waals surface area contributed by atoms with Crippen LogP contribution in [-0.4, -0.2) is 21.5 Å². The minimum atomic E-state index is -0.152. The van der Waals surface area contributed by atoms with E-state index in [-0.39, 0.29) is 24.1 Å². The van der Waals surface area contributed by atoms with E-state index in [1.165, 1.54) is 35.1 Å². The van der Waals surface area contributed by atoms with E-state index >= 15 is 0 Å². The number of rotatable bonds is 4. The molecule has 3 rings (SSSR count). The molecular weight excluding hydrogens is 262 g/mol. The minimum absolute atomic E-state index is 0.0364. The first kappa shape index (κ1) is 12.3. The highest BCUT2D eigenvalue weighted by Gasteiger charge is 2.28. The van der Waals surface area contributed by atoms with Gasteiger partial charge < -0.3 is 5.32 Å². The molecule has 0 spiro atoms. The van der Waals surface area contributed by atoms with Gasteiger partial charge in [-0.3, -0.25) is 14.2 Å². The average molecular weight is 277 g/mol. The van der Waals surface area contributed by atoms with Crippen LogP contribution < -0.4 is 10.9 Å². The molecule has 0 bridgehead atoms. The van der Waals surface area contributed by atoms with Gasteiger partial charge in [-0.1, -0.05) is 0 Å². The molecule has 0 saturated heterocycles. The quantitative estimate of drug-likeness (QED) is 0.918. The summed E-state index contributed by atoms with van der Waals surface area (Å²) in [5, 5.41) is 5.35. The maximum Gasteiger partial charge on any atom is 0.262 e. The second-order valence-corrected chi connectivity index (χ2v) is 5.91. The molecule has 0 aromatic carbocycles. The van der Waals surface area contributed by atoms with Crippen LogP contribution in [-0.2, 0) is 11.3 Å². The zero-order chi connectivity index (χ0) is 13.4. The third-order valence-corrected chi connectivity index (χ3v) is 4.30. The van der Waals surface area contributed by atoms with Crippen molar-refractivity contribution in [2.45, 2.75) is 32.4 Å². The summed E-state index contributed by atoms with van der Waals surface area (Å²) >= 11 is 1.43. The van der Waals surface area contributed by atoms with Crippen LogP contribution in [0.2, 0.25) is 0 Å². The van der Waals surface area contributed by atoms with Crippen LogP contribution in [0.5, 0.6) is 0 Å². The lowest BCUT2D eigenvalue weighted by atomic mass is 10.2. The van der Waals surface area contributed by atoms with Gasteiger partial charge in [-0.05, 0) is 37.1 Å². The Labute approximate surface area is 114 Å². The fourth-order valence-electron chi connectivity index (χ4n) is 2.17. The van der Waals surface area contributed by atoms with Gasteiger partial charge in [-0.15, -0.1) is 11.3 Å². The Kier molecular flexibility index (Phi) is 3.10. The molecule has 100 valence electrons. The van der Waals surface area contributed by atoms with Crippen LogP contribution in [0.1, 0.15) is 19.8 Å². The summed E-state index contributed by atoms with van der Waals surface area (Å²) in [6, 6.07) is 1.94. The van der Waals surface area contributed by atoms with Crippen molar-refractivity contribution in [2.75, 3.05) is 0 Å². The van der Waals surface area contributed by atoms with Crippen LogP contribution in [0.15, 0.2) is 22.6 Å². The molecule has 1 aliphatic rings. The van der Waals surface area contributed by atoms with Gasteiger partial charge in [0.05, 0.1) is 11.7 Å². The number of nitrogens with zero attached hydrogens (tertiary/aromatic N) is 2. The first-order valence-corrected chi connectivity index (χ1v) is 7.25. The topological polar surface area (TPSA) is 64.0 Å². The summed E-state index contributed by atoms with van der Waals surface area (Å²) in [6.07, 6.45) is 3.82. The highest BCUT2D eigenvalue weighted by molar-refractivity contribution is 7.16. The van der Waals surface area contributed by atoms with Crippen LogP contribution in [0, 0.1) is 5.92 Å². The molecule has 0 aliphatic heterocycles. The summed E-state index contributed by atoms with van der Waals surface area (Å²) in [7, 11) is 0. The van der Waals surface area contributed by atoms with Crippen molar-refractivity contribution < 1.29 is 4.79 Å². The second-order valence-electron chi connectivity index (χ2n) is 5.01. The number of nitrogens with one attached hydrogen (secondary N) is 1. The molecular formula is C13H15N3O2S. The molecule has 6 heteroatoms. The Morgan fingerprint density at radius 3 is 3.16 bits per heavy atom. The first-order chi connectivity index (χ1) is 9.15. The van der Waals surface area contributed by atoms with Crippen LogP contribution in [0.4, 0.5) is 0 Å². The number of carbonyl (C=O) groups excluding carboxylic acids is 1. The number of aromatic nitrogens is 2. The van der Waals surface area contributed by atoms with Crippen molar-refractivity contribution in [1.29, 1.82) is 0 Å². The third-order valence-electron chi connectivity index (χ3n) is 3.48. The number of hydrogen-bond acceptors (Lipinski definition) is 4. The number of fused-ring (bicyclic) bond motifs is 1. The van der Waals surface area contributed by atoms with Gasteiger partial charge in [0.25, 0.3) is 5.56 Å². The minimum Gasteiger partial charge on any atom is -0.352 e. The van der Waals surface area contributed by atoms with Crippen LogP contribution >= 0.6 is 11.3 Å². The van der Waals surface area contributed by atoms with E-state index < -0.39 is 0 Å². The molecule has 1 atom stereocenters. The van der Waals surface area contributed by atoms with Crippen LogP contribution in [0.25, 0.3) is 10.2 Å². The van der Waals surface area contributed by atoms with Crippen molar-refractivity contribution in [3.8, 4) is 0 Å². The van der Waals surface area contributed by atoms with E-state index in [0.29, 0.717) is 16.1 Å². The molecule has 2 heterocycles. The summed E-state index contributed by atoms with van der Waals surface area (Å²) in [4.78, 5) is 28.9. The smallest absolute Gasteiger partial charge is 0.262 e. The Morgan fingerprint density at radius 1 is 1.63 bits per heavy atom. The van der Waals surface area contributed by atoms with Gasteiger partial charge in [0, 0.05) is 6.04 Å². The summed E-state index contributed by atoms with van der Waals surface area (Å²) in [5.41, 5.74) is -0.152. The first-order valence-electron chi connectivity index (χ1n) is 6.37. The van der Waals surface area contributed by atoms with Gasteiger partial charge in [-0.25, -0.2) is 4.98 Å². The summed E-state index contributed by atoms with van der Waals surface area (Å²) in [5.74, 6) is 0.482. The Morgan fingerprint density at radius 2 is 2.42 bits per heavy atom. The highest BCUT2D eigenvalue weighted by Crippen LogP contribution is 2.32. The van der Waals surface area contributed by atoms with Crippen molar-refractivity contribution in [3.63, 3.8) is 0 Å². The van der Waals surface area contributed by atoms with E-state index in [1.54, 1.807) is 6.07 Å². The van der Waals surface area contributed by atoms with Crippen molar-refractivity contribution >= 4 is 27.5 Å². The number of amides is 1. The molecule has 1 N–H and O–H groups in total. The molecule has 1 saturated carbocycles. The maximum absolute atomic E-state index is 12.1. The van der Waals surface area contributed by atoms with Crippen molar-refractivity contribution in [1.82, 2.24) is 14.9 Å². The van der Waals surface area contributed by atoms with E-state index in [2.05, 4.69) is 10.3 Å². The van der Waals surface area contributed by atoms with E-state index in [9.17, 15) is 9.59 Å². The normalized spacial score (nSPS) is 16.5. The molecule has 5 nitrogen and oxygen atoms in total. The molecule has 0 radical (unpaired) electrons. The van der Waals surface area contributed by atoms with Crippen molar-refractivity contribution in [3.05, 3.63) is 28.1 Å².